The smallest absolute Gasteiger partial charge is 0.243 e. The van der Waals surface area contributed by atoms with Crippen LogP contribution in [-0.2, 0) is 9.53 Å². The number of fused-ring (bicyclic) bond motifs is 1. The summed E-state index contributed by atoms with van der Waals surface area (Å²) in [5.41, 5.74) is 6.83. The largest absolute Gasteiger partial charge is 0.494 e. The van der Waals surface area contributed by atoms with Gasteiger partial charge >= 0.3 is 0 Å². The zero-order chi connectivity index (χ0) is 15.5. The normalized spacial score (nSPS) is 17.4. The minimum absolute atomic E-state index is 0.165. The van der Waals surface area contributed by atoms with Crippen LogP contribution in [0.2, 0.25) is 0 Å². The molecule has 22 heavy (non-hydrogen) atoms. The second kappa shape index (κ2) is 6.60. The number of anilines is 1. The maximum atomic E-state index is 12.3. The van der Waals surface area contributed by atoms with Crippen molar-refractivity contribution in [3.05, 3.63) is 18.2 Å². The number of hydrogen-bond donors (Lipinski definition) is 2. The number of thiazole rings is 1. The van der Waals surface area contributed by atoms with E-state index in [4.69, 9.17) is 15.2 Å². The summed E-state index contributed by atoms with van der Waals surface area (Å²) in [7, 11) is 1.60. The molecule has 0 saturated carbocycles. The first kappa shape index (κ1) is 15.2. The summed E-state index contributed by atoms with van der Waals surface area (Å²) < 4.78 is 11.6. The lowest BCUT2D eigenvalue weighted by Gasteiger charge is -2.26. The Balaban J connectivity index is 1.73. The summed E-state index contributed by atoms with van der Waals surface area (Å²) in [4.78, 5) is 16.7. The Morgan fingerprint density at radius 3 is 3.00 bits per heavy atom. The number of nitrogens with zero attached hydrogens (tertiary/aromatic N) is 1. The molecule has 0 bridgehead atoms. The highest BCUT2D eigenvalue weighted by Gasteiger charge is 2.27. The quantitative estimate of drug-likeness (QED) is 0.899. The highest BCUT2D eigenvalue weighted by Crippen LogP contribution is 2.32. The number of nitrogens with one attached hydrogen (secondary N) is 1. The van der Waals surface area contributed by atoms with E-state index in [0.29, 0.717) is 24.1 Å². The standard InChI is InChI=1S/C15H19N3O3S/c1-20-10-3-2-4-11-13(10)17-15(22-11)18-14(19)12(16)9-5-7-21-8-6-9/h2-4,9,12H,5-8,16H2,1H3,(H,17,18,19). The predicted molar refractivity (Wildman–Crippen MR) is 86.3 cm³/mol. The average Bonchev–Trinajstić information content (AvgIpc) is 2.97. The van der Waals surface area contributed by atoms with E-state index < -0.39 is 6.04 Å². The number of aromatic nitrogens is 1. The number of benzene rings is 1. The second-order valence-electron chi connectivity index (χ2n) is 5.29. The van der Waals surface area contributed by atoms with E-state index in [1.165, 1.54) is 11.3 Å². The van der Waals surface area contributed by atoms with E-state index in [1.54, 1.807) is 7.11 Å². The van der Waals surface area contributed by atoms with Crippen LogP contribution in [0.25, 0.3) is 10.2 Å². The van der Waals surface area contributed by atoms with Gasteiger partial charge in [-0.25, -0.2) is 4.98 Å². The van der Waals surface area contributed by atoms with Gasteiger partial charge in [0.25, 0.3) is 0 Å². The van der Waals surface area contributed by atoms with Crippen molar-refractivity contribution in [2.45, 2.75) is 18.9 Å². The van der Waals surface area contributed by atoms with Gasteiger partial charge in [-0.3, -0.25) is 4.79 Å². The number of amides is 1. The van der Waals surface area contributed by atoms with Crippen molar-refractivity contribution in [3.8, 4) is 5.75 Å². The molecule has 2 aromatic rings. The Hall–Kier alpha value is -1.70. The zero-order valence-electron chi connectivity index (χ0n) is 12.4. The van der Waals surface area contributed by atoms with Crippen molar-refractivity contribution in [3.63, 3.8) is 0 Å². The molecule has 1 aromatic carbocycles. The number of para-hydroxylation sites is 1. The van der Waals surface area contributed by atoms with E-state index in [-0.39, 0.29) is 11.8 Å². The fourth-order valence-corrected chi connectivity index (χ4v) is 3.51. The molecule has 0 aliphatic carbocycles. The Labute approximate surface area is 132 Å². The van der Waals surface area contributed by atoms with Gasteiger partial charge in [-0.05, 0) is 30.9 Å². The van der Waals surface area contributed by atoms with Crippen molar-refractivity contribution < 1.29 is 14.3 Å². The molecule has 1 fully saturated rings. The first-order chi connectivity index (χ1) is 10.7. The second-order valence-corrected chi connectivity index (χ2v) is 6.32. The van der Waals surface area contributed by atoms with Gasteiger partial charge in [0.15, 0.2) is 5.13 Å². The van der Waals surface area contributed by atoms with Crippen molar-refractivity contribution in [1.29, 1.82) is 0 Å². The van der Waals surface area contributed by atoms with Crippen LogP contribution in [0.1, 0.15) is 12.8 Å². The zero-order valence-corrected chi connectivity index (χ0v) is 13.2. The Morgan fingerprint density at radius 1 is 1.50 bits per heavy atom. The Morgan fingerprint density at radius 2 is 2.27 bits per heavy atom. The Kier molecular flexibility index (Phi) is 4.56. The van der Waals surface area contributed by atoms with Gasteiger partial charge < -0.3 is 20.5 Å². The lowest BCUT2D eigenvalue weighted by atomic mass is 9.92. The molecule has 1 unspecified atom stereocenters. The summed E-state index contributed by atoms with van der Waals surface area (Å²) in [6.07, 6.45) is 1.64. The molecule has 118 valence electrons. The van der Waals surface area contributed by atoms with E-state index in [9.17, 15) is 4.79 Å². The molecule has 3 N–H and O–H groups in total. The number of ether oxygens (including phenoxy) is 2. The van der Waals surface area contributed by atoms with Gasteiger partial charge in [0, 0.05) is 13.2 Å². The third-order valence-corrected chi connectivity index (χ3v) is 4.84. The lowest BCUT2D eigenvalue weighted by Crippen LogP contribution is -2.43. The van der Waals surface area contributed by atoms with E-state index in [1.807, 2.05) is 18.2 Å². The van der Waals surface area contributed by atoms with Crippen LogP contribution >= 0.6 is 11.3 Å². The van der Waals surface area contributed by atoms with Crippen molar-refractivity contribution in [2.75, 3.05) is 25.6 Å². The van der Waals surface area contributed by atoms with Crippen LogP contribution in [0, 0.1) is 5.92 Å². The maximum Gasteiger partial charge on any atom is 0.243 e. The number of rotatable bonds is 4. The fraction of sp³-hybridized carbons (Fsp3) is 0.467. The minimum atomic E-state index is -0.530. The number of carbonyl (C=O) groups is 1. The molecule has 6 nitrogen and oxygen atoms in total. The molecule has 1 aliphatic rings. The first-order valence-corrected chi connectivity index (χ1v) is 8.08. The molecule has 1 saturated heterocycles. The van der Waals surface area contributed by atoms with Crippen LogP contribution in [-0.4, -0.2) is 37.3 Å². The van der Waals surface area contributed by atoms with E-state index >= 15 is 0 Å². The van der Waals surface area contributed by atoms with Gasteiger partial charge in [-0.2, -0.15) is 0 Å². The molecule has 1 aromatic heterocycles. The average molecular weight is 321 g/mol. The van der Waals surface area contributed by atoms with E-state index in [0.717, 1.165) is 23.1 Å². The van der Waals surface area contributed by atoms with Crippen LogP contribution in [0.3, 0.4) is 0 Å². The molecule has 1 amide bonds. The summed E-state index contributed by atoms with van der Waals surface area (Å²) in [5, 5.41) is 3.37. The van der Waals surface area contributed by atoms with Crippen molar-refractivity contribution >= 4 is 32.6 Å². The maximum absolute atomic E-state index is 12.3. The summed E-state index contributed by atoms with van der Waals surface area (Å²) in [6, 6.07) is 5.17. The van der Waals surface area contributed by atoms with Gasteiger partial charge in [0.2, 0.25) is 5.91 Å². The molecular weight excluding hydrogens is 302 g/mol. The molecular formula is C15H19N3O3S. The van der Waals surface area contributed by atoms with Gasteiger partial charge in [-0.1, -0.05) is 17.4 Å². The van der Waals surface area contributed by atoms with Crippen LogP contribution in [0.15, 0.2) is 18.2 Å². The molecule has 7 heteroatoms. The molecule has 1 aliphatic heterocycles. The number of hydrogen-bond acceptors (Lipinski definition) is 6. The third-order valence-electron chi connectivity index (χ3n) is 3.91. The predicted octanol–water partition coefficient (Wildman–Crippen LogP) is 2.00. The SMILES string of the molecule is COc1cccc2sc(NC(=O)C(N)C3CCOCC3)nc12. The van der Waals surface area contributed by atoms with Gasteiger partial charge in [-0.15, -0.1) is 0 Å². The molecule has 0 radical (unpaired) electrons. The highest BCUT2D eigenvalue weighted by atomic mass is 32.1. The summed E-state index contributed by atoms with van der Waals surface area (Å²) in [6.45, 7) is 1.34. The summed E-state index contributed by atoms with van der Waals surface area (Å²) >= 11 is 1.42. The van der Waals surface area contributed by atoms with Gasteiger partial charge in [0.1, 0.15) is 11.3 Å². The molecule has 1 atom stereocenters. The minimum Gasteiger partial charge on any atom is -0.494 e. The first-order valence-electron chi connectivity index (χ1n) is 7.27. The number of carbonyl (C=O) groups excluding carboxylic acids is 1. The lowest BCUT2D eigenvalue weighted by molar-refractivity contribution is -0.119. The summed E-state index contributed by atoms with van der Waals surface area (Å²) in [5.74, 6) is 0.672. The topological polar surface area (TPSA) is 86.5 Å². The Bertz CT molecular complexity index is 667. The van der Waals surface area contributed by atoms with E-state index in [2.05, 4.69) is 10.3 Å². The van der Waals surface area contributed by atoms with Gasteiger partial charge in [0.05, 0.1) is 17.9 Å². The molecule has 0 spiro atoms. The van der Waals surface area contributed by atoms with Crippen LogP contribution in [0.5, 0.6) is 5.75 Å². The van der Waals surface area contributed by atoms with Crippen LogP contribution in [0.4, 0.5) is 5.13 Å². The number of nitrogens with two attached hydrogens (primary N) is 1. The molecule has 2 heterocycles. The monoisotopic (exact) mass is 321 g/mol. The molecule has 3 rings (SSSR count). The van der Waals surface area contributed by atoms with Crippen LogP contribution < -0.4 is 15.8 Å². The number of methoxy groups -OCH3 is 1. The fourth-order valence-electron chi connectivity index (χ4n) is 2.62. The third kappa shape index (κ3) is 3.06. The van der Waals surface area contributed by atoms with Crippen molar-refractivity contribution in [1.82, 2.24) is 4.98 Å². The van der Waals surface area contributed by atoms with Crippen molar-refractivity contribution in [2.24, 2.45) is 11.7 Å². The highest BCUT2D eigenvalue weighted by molar-refractivity contribution is 7.22.